The van der Waals surface area contributed by atoms with Crippen LogP contribution in [-0.4, -0.2) is 36.4 Å². The number of hydrogen-bond acceptors (Lipinski definition) is 5. The fraction of sp³-hybridized carbons (Fsp3) is 0.600. The molecule has 0 atom stereocenters. The Morgan fingerprint density at radius 3 is 2.76 bits per heavy atom. The maximum Gasteiger partial charge on any atom is 0.272 e. The monoisotopic (exact) mass is 294 g/mol. The summed E-state index contributed by atoms with van der Waals surface area (Å²) >= 11 is 0. The Kier molecular flexibility index (Phi) is 5.27. The van der Waals surface area contributed by atoms with Gasteiger partial charge in [-0.25, -0.2) is 0 Å². The number of nitrogens with zero attached hydrogens (tertiary/aromatic N) is 1. The molecule has 1 heterocycles. The predicted octanol–water partition coefficient (Wildman–Crippen LogP) is 1.78. The van der Waals surface area contributed by atoms with Gasteiger partial charge in [0.15, 0.2) is 0 Å². The molecule has 0 saturated carbocycles. The lowest BCUT2D eigenvalue weighted by Gasteiger charge is -2.35. The largest absolute Gasteiger partial charge is 0.396 e. The van der Waals surface area contributed by atoms with E-state index in [-0.39, 0.29) is 22.6 Å². The molecule has 2 N–H and O–H groups in total. The third kappa shape index (κ3) is 4.00. The van der Waals surface area contributed by atoms with Crippen LogP contribution in [-0.2, 0) is 11.3 Å². The van der Waals surface area contributed by atoms with Crippen molar-refractivity contribution in [2.75, 3.05) is 26.4 Å². The van der Waals surface area contributed by atoms with Crippen molar-refractivity contribution < 1.29 is 14.8 Å². The average Bonchev–Trinajstić information content (AvgIpc) is 2.49. The molecule has 0 unspecified atom stereocenters. The number of nitro groups is 1. The summed E-state index contributed by atoms with van der Waals surface area (Å²) in [7, 11) is 0. The van der Waals surface area contributed by atoms with Gasteiger partial charge in [-0.2, -0.15) is 0 Å². The summed E-state index contributed by atoms with van der Waals surface area (Å²) < 4.78 is 5.33. The van der Waals surface area contributed by atoms with Gasteiger partial charge >= 0.3 is 0 Å². The van der Waals surface area contributed by atoms with Crippen LogP contribution in [0.5, 0.6) is 0 Å². The molecule has 0 aliphatic carbocycles. The standard InChI is InChI=1S/C15H22N2O4/c1-12-2-3-13(8-14(12)17(19)20)9-16-10-15(11-18)4-6-21-7-5-15/h2-3,8,16,18H,4-7,9-11H2,1H3. The fourth-order valence-electron chi connectivity index (χ4n) is 2.63. The Bertz CT molecular complexity index is 498. The van der Waals surface area contributed by atoms with Crippen LogP contribution in [0.1, 0.15) is 24.0 Å². The highest BCUT2D eigenvalue weighted by molar-refractivity contribution is 5.42. The Labute approximate surface area is 124 Å². The number of aliphatic hydroxyl groups excluding tert-OH is 1. The first-order chi connectivity index (χ1) is 10.1. The van der Waals surface area contributed by atoms with E-state index >= 15 is 0 Å². The lowest BCUT2D eigenvalue weighted by atomic mass is 9.81. The quantitative estimate of drug-likeness (QED) is 0.617. The molecule has 1 aliphatic rings. The van der Waals surface area contributed by atoms with Gasteiger partial charge in [-0.15, -0.1) is 0 Å². The van der Waals surface area contributed by atoms with Gasteiger partial charge in [0, 0.05) is 43.3 Å². The van der Waals surface area contributed by atoms with Crippen LogP contribution in [0.15, 0.2) is 18.2 Å². The van der Waals surface area contributed by atoms with Gasteiger partial charge in [0.05, 0.1) is 11.5 Å². The molecule has 1 aromatic rings. The zero-order valence-corrected chi connectivity index (χ0v) is 12.3. The van der Waals surface area contributed by atoms with E-state index in [9.17, 15) is 15.2 Å². The first kappa shape index (κ1) is 15.9. The minimum absolute atomic E-state index is 0.130. The van der Waals surface area contributed by atoms with E-state index in [2.05, 4.69) is 5.32 Å². The minimum Gasteiger partial charge on any atom is -0.396 e. The van der Waals surface area contributed by atoms with E-state index in [4.69, 9.17) is 4.74 Å². The molecule has 1 aromatic carbocycles. The molecule has 116 valence electrons. The Hall–Kier alpha value is -1.50. The van der Waals surface area contributed by atoms with Gasteiger partial charge in [-0.1, -0.05) is 12.1 Å². The third-order valence-corrected chi connectivity index (χ3v) is 4.19. The van der Waals surface area contributed by atoms with Crippen molar-refractivity contribution in [3.8, 4) is 0 Å². The second kappa shape index (κ2) is 6.98. The van der Waals surface area contributed by atoms with Crippen LogP contribution in [0.3, 0.4) is 0 Å². The Morgan fingerprint density at radius 2 is 2.14 bits per heavy atom. The molecule has 2 rings (SSSR count). The fourth-order valence-corrected chi connectivity index (χ4v) is 2.63. The van der Waals surface area contributed by atoms with Crippen molar-refractivity contribution in [1.29, 1.82) is 0 Å². The van der Waals surface area contributed by atoms with Crippen molar-refractivity contribution in [1.82, 2.24) is 5.32 Å². The second-order valence-corrected chi connectivity index (χ2v) is 5.75. The van der Waals surface area contributed by atoms with Crippen LogP contribution in [0.4, 0.5) is 5.69 Å². The minimum atomic E-state index is -0.355. The van der Waals surface area contributed by atoms with Gasteiger partial charge < -0.3 is 15.2 Å². The van der Waals surface area contributed by atoms with E-state index < -0.39 is 0 Å². The molecule has 0 bridgehead atoms. The van der Waals surface area contributed by atoms with Crippen molar-refractivity contribution in [2.45, 2.75) is 26.3 Å². The molecular formula is C15H22N2O4. The number of ether oxygens (including phenoxy) is 1. The van der Waals surface area contributed by atoms with Gasteiger partial charge in [0.1, 0.15) is 0 Å². The number of nitrogens with one attached hydrogen (secondary N) is 1. The molecule has 0 radical (unpaired) electrons. The van der Waals surface area contributed by atoms with E-state index in [1.54, 1.807) is 19.1 Å². The zero-order valence-electron chi connectivity index (χ0n) is 12.3. The number of nitro benzene ring substituents is 1. The predicted molar refractivity (Wildman–Crippen MR) is 79.1 cm³/mol. The summed E-state index contributed by atoms with van der Waals surface area (Å²) in [5.74, 6) is 0. The van der Waals surface area contributed by atoms with Gasteiger partial charge in [-0.05, 0) is 25.3 Å². The molecular weight excluding hydrogens is 272 g/mol. The van der Waals surface area contributed by atoms with E-state index in [1.807, 2.05) is 6.07 Å². The maximum atomic E-state index is 10.9. The van der Waals surface area contributed by atoms with Gasteiger partial charge in [0.2, 0.25) is 0 Å². The normalized spacial score (nSPS) is 17.6. The van der Waals surface area contributed by atoms with Crippen molar-refractivity contribution in [2.24, 2.45) is 5.41 Å². The van der Waals surface area contributed by atoms with Gasteiger partial charge in [0.25, 0.3) is 5.69 Å². The highest BCUT2D eigenvalue weighted by Crippen LogP contribution is 2.29. The molecule has 0 spiro atoms. The second-order valence-electron chi connectivity index (χ2n) is 5.75. The molecule has 1 fully saturated rings. The summed E-state index contributed by atoms with van der Waals surface area (Å²) in [6.45, 7) is 4.48. The first-order valence-electron chi connectivity index (χ1n) is 7.20. The van der Waals surface area contributed by atoms with E-state index in [0.29, 0.717) is 31.9 Å². The number of aliphatic hydroxyl groups is 1. The van der Waals surface area contributed by atoms with Crippen LogP contribution in [0.25, 0.3) is 0 Å². The van der Waals surface area contributed by atoms with Crippen molar-refractivity contribution in [3.05, 3.63) is 39.4 Å². The lowest BCUT2D eigenvalue weighted by molar-refractivity contribution is -0.385. The Morgan fingerprint density at radius 1 is 1.43 bits per heavy atom. The smallest absolute Gasteiger partial charge is 0.272 e. The highest BCUT2D eigenvalue weighted by atomic mass is 16.6. The summed E-state index contributed by atoms with van der Waals surface area (Å²) in [5.41, 5.74) is 1.57. The van der Waals surface area contributed by atoms with Gasteiger partial charge in [-0.3, -0.25) is 10.1 Å². The van der Waals surface area contributed by atoms with Crippen LogP contribution in [0.2, 0.25) is 0 Å². The maximum absolute atomic E-state index is 10.9. The summed E-state index contributed by atoms with van der Waals surface area (Å²) in [6, 6.07) is 5.27. The summed E-state index contributed by atoms with van der Waals surface area (Å²) in [6.07, 6.45) is 1.68. The molecule has 0 aromatic heterocycles. The molecule has 21 heavy (non-hydrogen) atoms. The topological polar surface area (TPSA) is 84.6 Å². The summed E-state index contributed by atoms with van der Waals surface area (Å²) in [5, 5.41) is 23.8. The van der Waals surface area contributed by atoms with E-state index in [0.717, 1.165) is 18.4 Å². The van der Waals surface area contributed by atoms with Crippen LogP contribution < -0.4 is 5.32 Å². The van der Waals surface area contributed by atoms with Crippen LogP contribution in [0, 0.1) is 22.5 Å². The number of aryl methyl sites for hydroxylation is 1. The molecule has 1 saturated heterocycles. The zero-order chi connectivity index (χ0) is 15.3. The molecule has 6 nitrogen and oxygen atoms in total. The third-order valence-electron chi connectivity index (χ3n) is 4.19. The van der Waals surface area contributed by atoms with Crippen LogP contribution >= 0.6 is 0 Å². The number of hydrogen-bond donors (Lipinski definition) is 2. The van der Waals surface area contributed by atoms with Crippen molar-refractivity contribution >= 4 is 5.69 Å². The molecule has 0 amide bonds. The highest BCUT2D eigenvalue weighted by Gasteiger charge is 2.31. The van der Waals surface area contributed by atoms with Crippen molar-refractivity contribution in [3.63, 3.8) is 0 Å². The molecule has 6 heteroatoms. The van der Waals surface area contributed by atoms with E-state index in [1.165, 1.54) is 0 Å². The number of rotatable bonds is 6. The molecule has 1 aliphatic heterocycles. The average molecular weight is 294 g/mol. The Balaban J connectivity index is 1.93. The SMILES string of the molecule is Cc1ccc(CNCC2(CO)CCOCC2)cc1[N+](=O)[O-]. The summed E-state index contributed by atoms with van der Waals surface area (Å²) in [4.78, 5) is 10.6. The first-order valence-corrected chi connectivity index (χ1v) is 7.20. The number of benzene rings is 1. The lowest BCUT2D eigenvalue weighted by Crippen LogP contribution is -2.41.